The summed E-state index contributed by atoms with van der Waals surface area (Å²) < 4.78 is 30.9. The van der Waals surface area contributed by atoms with Crippen LogP contribution < -0.4 is 4.74 Å². The van der Waals surface area contributed by atoms with Crippen molar-refractivity contribution >= 4 is 20.6 Å². The second-order valence-electron chi connectivity index (χ2n) is 7.55. The van der Waals surface area contributed by atoms with Gasteiger partial charge in [-0.05, 0) is 61.9 Å². The molecule has 27 heavy (non-hydrogen) atoms. The van der Waals surface area contributed by atoms with Crippen molar-refractivity contribution in [3.63, 3.8) is 0 Å². The third-order valence-corrected chi connectivity index (χ3v) is 6.12. The molecular formula is C21H25NO4S. The summed E-state index contributed by atoms with van der Waals surface area (Å²) in [5.41, 5.74) is 0.934. The molecule has 144 valence electrons. The number of aromatic hydroxyl groups is 1. The van der Waals surface area contributed by atoms with Crippen LogP contribution in [0.25, 0.3) is 10.8 Å². The fraction of sp³-hybridized carbons (Fsp3) is 0.333. The molecule has 5 nitrogen and oxygen atoms in total. The van der Waals surface area contributed by atoms with E-state index in [2.05, 4.69) is 24.6 Å². The second kappa shape index (κ2) is 6.93. The maximum absolute atomic E-state index is 11.8. The van der Waals surface area contributed by atoms with E-state index in [1.165, 1.54) is 6.26 Å². The van der Waals surface area contributed by atoms with Gasteiger partial charge in [0.25, 0.3) is 0 Å². The minimum atomic E-state index is -3.22. The number of hydrogen-bond donors (Lipinski definition) is 1. The highest BCUT2D eigenvalue weighted by Gasteiger charge is 2.21. The molecule has 0 aliphatic heterocycles. The number of fused-ring (bicyclic) bond motifs is 1. The van der Waals surface area contributed by atoms with Gasteiger partial charge in [0.05, 0.1) is 12.0 Å². The SMILES string of the molecule is COc1cc(CCC(C)(C)n2cc3ccc(S(C)(=O)=O)cc3c2)ccc1O. The van der Waals surface area contributed by atoms with Crippen LogP contribution in [0, 0.1) is 0 Å². The normalized spacial score (nSPS) is 12.4. The van der Waals surface area contributed by atoms with Gasteiger partial charge in [0.15, 0.2) is 21.3 Å². The summed E-state index contributed by atoms with van der Waals surface area (Å²) in [6.07, 6.45) is 6.98. The summed E-state index contributed by atoms with van der Waals surface area (Å²) in [5, 5.41) is 11.7. The molecular weight excluding hydrogens is 362 g/mol. The summed E-state index contributed by atoms with van der Waals surface area (Å²) in [4.78, 5) is 0.335. The van der Waals surface area contributed by atoms with Gasteiger partial charge in [0, 0.05) is 29.6 Å². The van der Waals surface area contributed by atoms with Crippen LogP contribution in [0.2, 0.25) is 0 Å². The van der Waals surface area contributed by atoms with Crippen LogP contribution in [0.1, 0.15) is 25.8 Å². The van der Waals surface area contributed by atoms with E-state index in [1.54, 1.807) is 25.3 Å². The number of benzene rings is 2. The Hall–Kier alpha value is -2.47. The van der Waals surface area contributed by atoms with E-state index in [1.807, 2.05) is 24.4 Å². The Labute approximate surface area is 160 Å². The van der Waals surface area contributed by atoms with Crippen LogP contribution in [0.5, 0.6) is 11.5 Å². The fourth-order valence-corrected chi connectivity index (χ4v) is 3.81. The standard InChI is InChI=1S/C21H25NO4S/c1-21(2,10-9-15-5-8-19(23)20(11-15)26-3)22-13-16-6-7-18(27(4,24)25)12-17(16)14-22/h5-8,11-14,23H,9-10H2,1-4H3. The number of rotatable bonds is 6. The van der Waals surface area contributed by atoms with Crippen molar-refractivity contribution in [1.82, 2.24) is 4.57 Å². The van der Waals surface area contributed by atoms with Gasteiger partial charge in [-0.2, -0.15) is 0 Å². The predicted molar refractivity (Wildman–Crippen MR) is 107 cm³/mol. The van der Waals surface area contributed by atoms with Crippen molar-refractivity contribution in [2.45, 2.75) is 37.1 Å². The largest absolute Gasteiger partial charge is 0.504 e. The third-order valence-electron chi connectivity index (χ3n) is 5.01. The minimum Gasteiger partial charge on any atom is -0.504 e. The summed E-state index contributed by atoms with van der Waals surface area (Å²) in [6.45, 7) is 4.31. The highest BCUT2D eigenvalue weighted by atomic mass is 32.2. The first-order valence-corrected chi connectivity index (χ1v) is 10.7. The van der Waals surface area contributed by atoms with Gasteiger partial charge in [-0.25, -0.2) is 8.42 Å². The van der Waals surface area contributed by atoms with E-state index in [0.29, 0.717) is 10.6 Å². The lowest BCUT2D eigenvalue weighted by molar-refractivity contribution is 0.329. The van der Waals surface area contributed by atoms with Gasteiger partial charge < -0.3 is 14.4 Å². The van der Waals surface area contributed by atoms with E-state index >= 15 is 0 Å². The Morgan fingerprint density at radius 1 is 1.07 bits per heavy atom. The number of hydrogen-bond acceptors (Lipinski definition) is 4. The molecule has 0 aliphatic rings. The van der Waals surface area contributed by atoms with E-state index in [0.717, 1.165) is 29.2 Å². The van der Waals surface area contributed by atoms with Crippen LogP contribution in [0.15, 0.2) is 53.7 Å². The van der Waals surface area contributed by atoms with Gasteiger partial charge >= 0.3 is 0 Å². The fourth-order valence-electron chi connectivity index (χ4n) is 3.16. The number of aryl methyl sites for hydroxylation is 1. The molecule has 1 N–H and O–H groups in total. The molecule has 0 unspecified atom stereocenters. The molecule has 1 aromatic heterocycles. The zero-order valence-electron chi connectivity index (χ0n) is 16.1. The maximum atomic E-state index is 11.8. The molecule has 0 amide bonds. The topological polar surface area (TPSA) is 68.5 Å². The summed E-state index contributed by atoms with van der Waals surface area (Å²) >= 11 is 0. The second-order valence-corrected chi connectivity index (χ2v) is 9.56. The molecule has 3 aromatic rings. The quantitative estimate of drug-likeness (QED) is 0.691. The predicted octanol–water partition coefficient (Wildman–Crippen LogP) is 4.13. The minimum absolute atomic E-state index is 0.138. The first-order valence-electron chi connectivity index (χ1n) is 8.78. The van der Waals surface area contributed by atoms with Crippen molar-refractivity contribution in [1.29, 1.82) is 0 Å². The average molecular weight is 388 g/mol. The van der Waals surface area contributed by atoms with Gasteiger partial charge in [0.2, 0.25) is 0 Å². The number of phenolic OH excluding ortho intramolecular Hbond substituents is 1. The Bertz CT molecular complexity index is 1080. The zero-order chi connectivity index (χ0) is 19.8. The number of sulfone groups is 1. The monoisotopic (exact) mass is 387 g/mol. The number of phenols is 1. The van der Waals surface area contributed by atoms with Crippen LogP contribution in [0.3, 0.4) is 0 Å². The van der Waals surface area contributed by atoms with Crippen molar-refractivity contribution < 1.29 is 18.3 Å². The van der Waals surface area contributed by atoms with Crippen molar-refractivity contribution in [3.8, 4) is 11.5 Å². The molecule has 1 heterocycles. The summed E-state index contributed by atoms with van der Waals surface area (Å²) in [6, 6.07) is 10.6. The number of methoxy groups -OCH3 is 1. The molecule has 0 saturated heterocycles. The molecule has 0 bridgehead atoms. The molecule has 0 fully saturated rings. The first-order chi connectivity index (χ1) is 12.6. The molecule has 0 radical (unpaired) electrons. The zero-order valence-corrected chi connectivity index (χ0v) is 16.9. The Morgan fingerprint density at radius 2 is 1.78 bits per heavy atom. The lowest BCUT2D eigenvalue weighted by atomic mass is 9.95. The van der Waals surface area contributed by atoms with E-state index in [9.17, 15) is 13.5 Å². The van der Waals surface area contributed by atoms with Crippen molar-refractivity contribution in [3.05, 3.63) is 54.4 Å². The van der Waals surface area contributed by atoms with Crippen LogP contribution in [-0.4, -0.2) is 31.5 Å². The number of nitrogens with zero attached hydrogens (tertiary/aromatic N) is 1. The molecule has 0 atom stereocenters. The highest BCUT2D eigenvalue weighted by Crippen LogP contribution is 2.30. The van der Waals surface area contributed by atoms with E-state index in [4.69, 9.17) is 4.74 Å². The molecule has 0 saturated carbocycles. The average Bonchev–Trinajstić information content (AvgIpc) is 3.04. The van der Waals surface area contributed by atoms with Gasteiger partial charge in [-0.1, -0.05) is 12.1 Å². The lowest BCUT2D eigenvalue weighted by Crippen LogP contribution is -2.25. The van der Waals surface area contributed by atoms with Gasteiger partial charge in [0.1, 0.15) is 0 Å². The maximum Gasteiger partial charge on any atom is 0.175 e. The Morgan fingerprint density at radius 3 is 2.44 bits per heavy atom. The van der Waals surface area contributed by atoms with Crippen molar-refractivity contribution in [2.24, 2.45) is 0 Å². The number of ether oxygens (including phenoxy) is 1. The first kappa shape index (κ1) is 19.3. The smallest absolute Gasteiger partial charge is 0.175 e. The summed E-state index contributed by atoms with van der Waals surface area (Å²) in [7, 11) is -1.68. The number of aromatic nitrogens is 1. The van der Waals surface area contributed by atoms with E-state index < -0.39 is 9.84 Å². The Kier molecular flexibility index (Phi) is 4.95. The molecule has 2 aromatic carbocycles. The van der Waals surface area contributed by atoms with Crippen LogP contribution in [-0.2, 0) is 21.8 Å². The Balaban J connectivity index is 1.84. The van der Waals surface area contributed by atoms with Crippen molar-refractivity contribution in [2.75, 3.05) is 13.4 Å². The molecule has 0 spiro atoms. The van der Waals surface area contributed by atoms with Gasteiger partial charge in [-0.3, -0.25) is 0 Å². The highest BCUT2D eigenvalue weighted by molar-refractivity contribution is 7.90. The summed E-state index contributed by atoms with van der Waals surface area (Å²) in [5.74, 6) is 0.615. The molecule has 3 rings (SSSR count). The third kappa shape index (κ3) is 4.11. The van der Waals surface area contributed by atoms with Crippen LogP contribution >= 0.6 is 0 Å². The van der Waals surface area contributed by atoms with Gasteiger partial charge in [-0.15, -0.1) is 0 Å². The lowest BCUT2D eigenvalue weighted by Gasteiger charge is -2.27. The molecule has 6 heteroatoms. The molecule has 0 aliphatic carbocycles. The van der Waals surface area contributed by atoms with Crippen LogP contribution in [0.4, 0.5) is 0 Å². The van der Waals surface area contributed by atoms with E-state index in [-0.39, 0.29) is 11.3 Å².